The van der Waals surface area contributed by atoms with Gasteiger partial charge in [0.2, 0.25) is 0 Å². The normalized spacial score (nSPS) is 14.6. The van der Waals surface area contributed by atoms with Crippen LogP contribution in [0.3, 0.4) is 0 Å². The van der Waals surface area contributed by atoms with E-state index in [0.717, 1.165) is 11.1 Å². The summed E-state index contributed by atoms with van der Waals surface area (Å²) in [6.45, 7) is 0. The van der Waals surface area contributed by atoms with Crippen LogP contribution in [0.1, 0.15) is 23.1 Å². The smallest absolute Gasteiger partial charge is 0.287 e. The van der Waals surface area contributed by atoms with Gasteiger partial charge in [0.1, 0.15) is 11.3 Å². The van der Waals surface area contributed by atoms with E-state index < -0.39 is 16.4 Å². The number of nitro benzene ring substituents is 1. The molecule has 0 atom stereocenters. The van der Waals surface area contributed by atoms with Crippen LogP contribution >= 0.6 is 0 Å². The van der Waals surface area contributed by atoms with Gasteiger partial charge in [0.05, 0.1) is 11.1 Å². The number of hydrogen-bond donors (Lipinski definition) is 2. The first-order valence-corrected chi connectivity index (χ1v) is 9.61. The van der Waals surface area contributed by atoms with Gasteiger partial charge in [-0.3, -0.25) is 20.3 Å². The van der Waals surface area contributed by atoms with Gasteiger partial charge in [-0.15, -0.1) is 0 Å². The van der Waals surface area contributed by atoms with Gasteiger partial charge in [-0.1, -0.05) is 60.7 Å². The second-order valence-electron chi connectivity index (χ2n) is 7.03. The molecule has 0 unspecified atom stereocenters. The molecule has 1 aliphatic rings. The number of nitrogens with zero attached hydrogens (tertiary/aromatic N) is 3. The molecule has 154 valence electrons. The number of rotatable bonds is 6. The van der Waals surface area contributed by atoms with E-state index in [0.29, 0.717) is 17.7 Å². The fourth-order valence-corrected chi connectivity index (χ4v) is 3.48. The summed E-state index contributed by atoms with van der Waals surface area (Å²) in [5.74, 6) is -0.417. The maximum atomic E-state index is 12.6. The van der Waals surface area contributed by atoms with Crippen molar-refractivity contribution < 1.29 is 9.72 Å². The molecule has 0 saturated carbocycles. The quantitative estimate of drug-likeness (QED) is 0.367. The zero-order valence-corrected chi connectivity index (χ0v) is 16.4. The number of benzene rings is 3. The Labute approximate surface area is 178 Å². The first kappa shape index (κ1) is 20.0. The molecule has 0 aliphatic carbocycles. The van der Waals surface area contributed by atoms with Crippen LogP contribution < -0.4 is 10.9 Å². The fraction of sp³-hybridized carbons (Fsp3) is 0.0870. The lowest BCUT2D eigenvalue weighted by atomic mass is 9.80. The Kier molecular flexibility index (Phi) is 5.53. The van der Waals surface area contributed by atoms with Gasteiger partial charge < -0.3 is 0 Å². The molecule has 1 heterocycles. The van der Waals surface area contributed by atoms with Crippen molar-refractivity contribution in [3.05, 3.63) is 112 Å². The first-order valence-electron chi connectivity index (χ1n) is 9.61. The highest BCUT2D eigenvalue weighted by Gasteiger charge is 2.41. The average molecular weight is 413 g/mol. The van der Waals surface area contributed by atoms with Crippen LogP contribution in [0, 0.1) is 10.1 Å². The summed E-state index contributed by atoms with van der Waals surface area (Å²) in [5.41, 5.74) is 7.95. The molecule has 0 spiro atoms. The average Bonchev–Trinajstić information content (AvgIpc) is 3.27. The molecule has 8 heteroatoms. The fourth-order valence-electron chi connectivity index (χ4n) is 3.48. The third-order valence-corrected chi connectivity index (χ3v) is 5.09. The van der Waals surface area contributed by atoms with E-state index in [1.807, 2.05) is 60.7 Å². The van der Waals surface area contributed by atoms with Crippen molar-refractivity contribution in [1.82, 2.24) is 10.9 Å². The largest absolute Gasteiger partial charge is 0.294 e. The predicted molar refractivity (Wildman–Crippen MR) is 118 cm³/mol. The third-order valence-electron chi connectivity index (χ3n) is 5.09. The monoisotopic (exact) mass is 413 g/mol. The molecular weight excluding hydrogens is 394 g/mol. The molecule has 0 bridgehead atoms. The molecule has 8 nitrogen and oxygen atoms in total. The SMILES string of the molecule is O=C(N/N=C\c1ccc([N+](=O)[O-])cc1)C1=NNC(c2ccccc2)(c2ccccc2)C1. The lowest BCUT2D eigenvalue weighted by Crippen LogP contribution is -2.38. The molecule has 4 rings (SSSR count). The summed E-state index contributed by atoms with van der Waals surface area (Å²) in [6, 6.07) is 25.6. The van der Waals surface area contributed by atoms with Crippen molar-refractivity contribution in [2.75, 3.05) is 0 Å². The van der Waals surface area contributed by atoms with Crippen LogP contribution in [0.25, 0.3) is 0 Å². The number of non-ortho nitro benzene ring substituents is 1. The van der Waals surface area contributed by atoms with E-state index in [1.165, 1.54) is 18.3 Å². The number of carbonyl (C=O) groups excluding carboxylic acids is 1. The molecular formula is C23H19N5O3. The zero-order chi connectivity index (χ0) is 21.7. The van der Waals surface area contributed by atoms with Gasteiger partial charge in [0.25, 0.3) is 11.6 Å². The number of nitrogens with one attached hydrogen (secondary N) is 2. The molecule has 0 saturated heterocycles. The molecule has 0 radical (unpaired) electrons. The number of hydrogen-bond acceptors (Lipinski definition) is 6. The van der Waals surface area contributed by atoms with Crippen molar-refractivity contribution in [3.63, 3.8) is 0 Å². The molecule has 3 aromatic rings. The Morgan fingerprint density at radius 3 is 2.13 bits per heavy atom. The standard InChI is InChI=1S/C23H19N5O3/c29-22(26-24-16-17-11-13-20(14-12-17)28(30)31)21-15-23(27-25-21,18-7-3-1-4-8-18)19-9-5-2-6-10-19/h1-14,16,27H,15H2,(H,26,29)/b24-16-. The van der Waals surface area contributed by atoms with Gasteiger partial charge in [0.15, 0.2) is 0 Å². The van der Waals surface area contributed by atoms with Gasteiger partial charge in [-0.25, -0.2) is 5.43 Å². The second-order valence-corrected chi connectivity index (χ2v) is 7.03. The van der Waals surface area contributed by atoms with Crippen molar-refractivity contribution in [3.8, 4) is 0 Å². The van der Waals surface area contributed by atoms with E-state index in [1.54, 1.807) is 12.1 Å². The Balaban J connectivity index is 1.48. The lowest BCUT2D eigenvalue weighted by Gasteiger charge is -2.30. The third kappa shape index (κ3) is 4.18. The molecule has 1 amide bonds. The van der Waals surface area contributed by atoms with Gasteiger partial charge >= 0.3 is 0 Å². The van der Waals surface area contributed by atoms with E-state index in [2.05, 4.69) is 21.1 Å². The van der Waals surface area contributed by atoms with Gasteiger partial charge in [-0.05, 0) is 28.8 Å². The second kappa shape index (κ2) is 8.58. The summed E-state index contributed by atoms with van der Waals surface area (Å²) >= 11 is 0. The van der Waals surface area contributed by atoms with Crippen LogP contribution in [0.15, 0.2) is 95.1 Å². The zero-order valence-electron chi connectivity index (χ0n) is 16.4. The Bertz CT molecular complexity index is 1100. The number of carbonyl (C=O) groups is 1. The van der Waals surface area contributed by atoms with Gasteiger partial charge in [-0.2, -0.15) is 10.2 Å². The molecule has 1 aliphatic heterocycles. The lowest BCUT2D eigenvalue weighted by molar-refractivity contribution is -0.384. The van der Waals surface area contributed by atoms with Gasteiger partial charge in [0, 0.05) is 18.6 Å². The van der Waals surface area contributed by atoms with Crippen molar-refractivity contribution in [2.24, 2.45) is 10.2 Å². The van der Waals surface area contributed by atoms with E-state index in [9.17, 15) is 14.9 Å². The van der Waals surface area contributed by atoms with Crippen LogP contribution in [0.4, 0.5) is 5.69 Å². The van der Waals surface area contributed by atoms with E-state index in [4.69, 9.17) is 0 Å². The summed E-state index contributed by atoms with van der Waals surface area (Å²) < 4.78 is 0. The van der Waals surface area contributed by atoms with Crippen molar-refractivity contribution in [2.45, 2.75) is 12.0 Å². The minimum atomic E-state index is -0.642. The Morgan fingerprint density at radius 2 is 1.58 bits per heavy atom. The Hall–Kier alpha value is -4.33. The Morgan fingerprint density at radius 1 is 1.00 bits per heavy atom. The molecule has 0 aromatic heterocycles. The number of amides is 1. The van der Waals surface area contributed by atoms with E-state index in [-0.39, 0.29) is 5.69 Å². The molecule has 31 heavy (non-hydrogen) atoms. The van der Waals surface area contributed by atoms with Crippen LogP contribution in [-0.2, 0) is 10.3 Å². The van der Waals surface area contributed by atoms with Crippen molar-refractivity contribution in [1.29, 1.82) is 0 Å². The predicted octanol–water partition coefficient (Wildman–Crippen LogP) is 3.34. The minimum absolute atomic E-state index is 0.00858. The highest BCUT2D eigenvalue weighted by molar-refractivity contribution is 6.39. The van der Waals surface area contributed by atoms with Crippen LogP contribution in [-0.4, -0.2) is 22.8 Å². The minimum Gasteiger partial charge on any atom is -0.294 e. The summed E-state index contributed by atoms with van der Waals surface area (Å²) in [4.78, 5) is 22.9. The molecule has 3 aromatic carbocycles. The summed E-state index contributed by atoms with van der Waals surface area (Å²) in [5, 5.41) is 19.0. The number of nitro groups is 1. The van der Waals surface area contributed by atoms with Crippen LogP contribution in [0.2, 0.25) is 0 Å². The number of hydrazone groups is 2. The van der Waals surface area contributed by atoms with Crippen molar-refractivity contribution >= 4 is 23.5 Å². The summed E-state index contributed by atoms with van der Waals surface area (Å²) in [7, 11) is 0. The first-order chi connectivity index (χ1) is 15.1. The highest BCUT2D eigenvalue weighted by atomic mass is 16.6. The van der Waals surface area contributed by atoms with E-state index >= 15 is 0 Å². The maximum Gasteiger partial charge on any atom is 0.287 e. The topological polar surface area (TPSA) is 109 Å². The molecule has 2 N–H and O–H groups in total. The summed E-state index contributed by atoms with van der Waals surface area (Å²) in [6.07, 6.45) is 1.78. The molecule has 0 fully saturated rings. The van der Waals surface area contributed by atoms with Crippen LogP contribution in [0.5, 0.6) is 0 Å². The highest BCUT2D eigenvalue weighted by Crippen LogP contribution is 2.36. The maximum absolute atomic E-state index is 12.6.